The Morgan fingerprint density at radius 3 is 2.61 bits per heavy atom. The van der Waals surface area contributed by atoms with E-state index in [1.54, 1.807) is 0 Å². The Hall–Kier alpha value is -1.05. The molecular formula is C14H18BrN3. The molecule has 0 saturated carbocycles. The fourth-order valence-electron chi connectivity index (χ4n) is 2.38. The van der Waals surface area contributed by atoms with Gasteiger partial charge in [0.15, 0.2) is 0 Å². The molecule has 0 amide bonds. The number of halogens is 1. The number of nitriles is 1. The van der Waals surface area contributed by atoms with Crippen LogP contribution in [0.1, 0.15) is 25.3 Å². The number of hydrogen-bond donors (Lipinski definition) is 1. The molecule has 1 aromatic carbocycles. The molecule has 1 aliphatic heterocycles. The van der Waals surface area contributed by atoms with Crippen LogP contribution in [0, 0.1) is 11.3 Å². The molecule has 0 unspecified atom stereocenters. The lowest BCUT2D eigenvalue weighted by Crippen LogP contribution is -2.50. The summed E-state index contributed by atoms with van der Waals surface area (Å²) in [6.45, 7) is 4.24. The van der Waals surface area contributed by atoms with Gasteiger partial charge in [-0.3, -0.25) is 0 Å². The van der Waals surface area contributed by atoms with E-state index in [0.29, 0.717) is 0 Å². The lowest BCUT2D eigenvalue weighted by atomic mass is 9.89. The molecule has 0 aliphatic carbocycles. The topological polar surface area (TPSA) is 39.1 Å². The molecule has 1 aromatic rings. The number of nitrogens with zero attached hydrogens (tertiary/aromatic N) is 2. The molecule has 96 valence electrons. The molecular weight excluding hydrogens is 290 g/mol. The van der Waals surface area contributed by atoms with Crippen molar-refractivity contribution < 1.29 is 0 Å². The first-order chi connectivity index (χ1) is 8.59. The Morgan fingerprint density at radius 2 is 2.06 bits per heavy atom. The van der Waals surface area contributed by atoms with E-state index in [1.165, 1.54) is 0 Å². The van der Waals surface area contributed by atoms with E-state index in [4.69, 9.17) is 0 Å². The molecule has 4 heteroatoms. The van der Waals surface area contributed by atoms with Crippen molar-refractivity contribution in [1.82, 2.24) is 5.32 Å². The molecule has 18 heavy (non-hydrogen) atoms. The highest BCUT2D eigenvalue weighted by atomic mass is 79.9. The van der Waals surface area contributed by atoms with E-state index < -0.39 is 0 Å². The molecule has 0 spiro atoms. The summed E-state index contributed by atoms with van der Waals surface area (Å²) in [4.78, 5) is 2.31. The third-order valence-electron chi connectivity index (χ3n) is 3.91. The van der Waals surface area contributed by atoms with Crippen molar-refractivity contribution in [3.63, 3.8) is 0 Å². The standard InChI is InChI=1S/C14H18BrN3/c1-14(17-2)6-8-18(9-7-14)13-5-3-4-12(15)11(13)10-16/h3-5,17H,6-9H2,1-2H3. The van der Waals surface area contributed by atoms with Gasteiger partial charge in [0.25, 0.3) is 0 Å². The second-order valence-corrected chi connectivity index (χ2v) is 5.90. The highest BCUT2D eigenvalue weighted by Crippen LogP contribution is 2.31. The first-order valence-corrected chi connectivity index (χ1v) is 7.01. The third-order valence-corrected chi connectivity index (χ3v) is 4.58. The Balaban J connectivity index is 2.21. The Kier molecular flexibility index (Phi) is 3.94. The van der Waals surface area contributed by atoms with Gasteiger partial charge >= 0.3 is 0 Å². The second-order valence-electron chi connectivity index (χ2n) is 5.04. The smallest absolute Gasteiger partial charge is 0.103 e. The Labute approximate surface area is 117 Å². The SMILES string of the molecule is CNC1(C)CCN(c2cccc(Br)c2C#N)CC1. The average Bonchev–Trinajstić information content (AvgIpc) is 2.39. The average molecular weight is 308 g/mol. The van der Waals surface area contributed by atoms with Gasteiger partial charge in [-0.05, 0) is 54.9 Å². The minimum Gasteiger partial charge on any atom is -0.370 e. The number of piperidine rings is 1. The Morgan fingerprint density at radius 1 is 1.39 bits per heavy atom. The molecule has 1 fully saturated rings. The minimum atomic E-state index is 0.231. The summed E-state index contributed by atoms with van der Waals surface area (Å²) in [5.41, 5.74) is 2.02. The summed E-state index contributed by atoms with van der Waals surface area (Å²) < 4.78 is 0.879. The predicted molar refractivity (Wildman–Crippen MR) is 77.8 cm³/mol. The van der Waals surface area contributed by atoms with Gasteiger partial charge in [-0.2, -0.15) is 5.26 Å². The molecule has 1 saturated heterocycles. The first-order valence-electron chi connectivity index (χ1n) is 6.22. The van der Waals surface area contributed by atoms with Gasteiger partial charge < -0.3 is 10.2 Å². The van der Waals surface area contributed by atoms with Gasteiger partial charge in [0.05, 0.1) is 11.3 Å². The molecule has 0 radical (unpaired) electrons. The number of anilines is 1. The molecule has 0 aromatic heterocycles. The van der Waals surface area contributed by atoms with Gasteiger partial charge in [-0.25, -0.2) is 0 Å². The number of hydrogen-bond acceptors (Lipinski definition) is 3. The van der Waals surface area contributed by atoms with Gasteiger partial charge in [-0.1, -0.05) is 6.07 Å². The minimum absolute atomic E-state index is 0.231. The van der Waals surface area contributed by atoms with E-state index in [-0.39, 0.29) is 5.54 Å². The summed E-state index contributed by atoms with van der Waals surface area (Å²) >= 11 is 3.45. The van der Waals surface area contributed by atoms with Gasteiger partial charge in [-0.15, -0.1) is 0 Å². The normalized spacial score (nSPS) is 18.4. The van der Waals surface area contributed by atoms with E-state index >= 15 is 0 Å². The highest BCUT2D eigenvalue weighted by Gasteiger charge is 2.29. The zero-order valence-corrected chi connectivity index (χ0v) is 12.4. The summed E-state index contributed by atoms with van der Waals surface area (Å²) in [7, 11) is 2.02. The van der Waals surface area contributed by atoms with Crippen LogP contribution in [0.15, 0.2) is 22.7 Å². The quantitative estimate of drug-likeness (QED) is 0.913. The Bertz CT molecular complexity index is 470. The third kappa shape index (κ3) is 2.52. The van der Waals surface area contributed by atoms with E-state index in [2.05, 4.69) is 39.1 Å². The lowest BCUT2D eigenvalue weighted by molar-refractivity contribution is 0.305. The molecule has 0 bridgehead atoms. The summed E-state index contributed by atoms with van der Waals surface area (Å²) in [6, 6.07) is 8.24. The van der Waals surface area contributed by atoms with E-state index in [1.807, 2.05) is 25.2 Å². The van der Waals surface area contributed by atoms with E-state index in [9.17, 15) is 5.26 Å². The van der Waals surface area contributed by atoms with E-state index in [0.717, 1.165) is 41.7 Å². The van der Waals surface area contributed by atoms with Crippen molar-refractivity contribution in [2.24, 2.45) is 0 Å². The molecule has 2 rings (SSSR count). The number of rotatable bonds is 2. The second kappa shape index (κ2) is 5.29. The molecule has 3 nitrogen and oxygen atoms in total. The molecule has 1 aliphatic rings. The van der Waals surface area contributed by atoms with Crippen LogP contribution in [0.25, 0.3) is 0 Å². The number of benzene rings is 1. The zero-order chi connectivity index (χ0) is 13.2. The van der Waals surface area contributed by atoms with Crippen molar-refractivity contribution in [2.75, 3.05) is 25.0 Å². The summed E-state index contributed by atoms with van der Waals surface area (Å²) in [5, 5.41) is 12.7. The fourth-order valence-corrected chi connectivity index (χ4v) is 2.82. The van der Waals surface area contributed by atoms with Crippen LogP contribution in [0.5, 0.6) is 0 Å². The van der Waals surface area contributed by atoms with Crippen LogP contribution < -0.4 is 10.2 Å². The summed E-state index contributed by atoms with van der Waals surface area (Å²) in [6.07, 6.45) is 2.20. The highest BCUT2D eigenvalue weighted by molar-refractivity contribution is 9.10. The predicted octanol–water partition coefficient (Wildman–Crippen LogP) is 2.90. The van der Waals surface area contributed by atoms with Crippen LogP contribution >= 0.6 is 15.9 Å². The van der Waals surface area contributed by atoms with Crippen LogP contribution in [0.2, 0.25) is 0 Å². The largest absolute Gasteiger partial charge is 0.370 e. The molecule has 1 heterocycles. The van der Waals surface area contributed by atoms with Gasteiger partial charge in [0.2, 0.25) is 0 Å². The van der Waals surface area contributed by atoms with Gasteiger partial charge in [0, 0.05) is 23.1 Å². The van der Waals surface area contributed by atoms with Crippen LogP contribution in [0.3, 0.4) is 0 Å². The number of nitrogens with one attached hydrogen (secondary N) is 1. The van der Waals surface area contributed by atoms with Crippen molar-refractivity contribution >= 4 is 21.6 Å². The van der Waals surface area contributed by atoms with Crippen LogP contribution in [-0.4, -0.2) is 25.7 Å². The maximum Gasteiger partial charge on any atom is 0.103 e. The monoisotopic (exact) mass is 307 g/mol. The maximum absolute atomic E-state index is 9.26. The first kappa shape index (κ1) is 13.4. The van der Waals surface area contributed by atoms with Crippen molar-refractivity contribution in [3.8, 4) is 6.07 Å². The molecule has 1 N–H and O–H groups in total. The van der Waals surface area contributed by atoms with Crippen LogP contribution in [0.4, 0.5) is 5.69 Å². The van der Waals surface area contributed by atoms with Gasteiger partial charge in [0.1, 0.15) is 6.07 Å². The summed E-state index contributed by atoms with van der Waals surface area (Å²) in [5.74, 6) is 0. The maximum atomic E-state index is 9.26. The van der Waals surface area contributed by atoms with Crippen molar-refractivity contribution in [2.45, 2.75) is 25.3 Å². The fraction of sp³-hybridized carbons (Fsp3) is 0.500. The van der Waals surface area contributed by atoms with Crippen LogP contribution in [-0.2, 0) is 0 Å². The zero-order valence-electron chi connectivity index (χ0n) is 10.8. The van der Waals surface area contributed by atoms with Crippen molar-refractivity contribution in [1.29, 1.82) is 5.26 Å². The lowest BCUT2D eigenvalue weighted by Gasteiger charge is -2.40. The van der Waals surface area contributed by atoms with Crippen molar-refractivity contribution in [3.05, 3.63) is 28.2 Å². The molecule has 0 atom stereocenters.